The Kier molecular flexibility index (Phi) is 2.58. The Balaban J connectivity index is 2.68. The summed E-state index contributed by atoms with van der Waals surface area (Å²) in [5, 5.41) is 4.04. The summed E-state index contributed by atoms with van der Waals surface area (Å²) in [6, 6.07) is 0. The number of amides is 1. The topological polar surface area (TPSA) is 41.9 Å². The van der Waals surface area contributed by atoms with E-state index in [-0.39, 0.29) is 5.91 Å². The third-order valence-corrected chi connectivity index (χ3v) is 3.28. The SMILES string of the molecule is COP1CC(C)=NN1C(C)=O. The summed E-state index contributed by atoms with van der Waals surface area (Å²) in [5.74, 6) is -0.0465. The van der Waals surface area contributed by atoms with Crippen molar-refractivity contribution in [1.29, 1.82) is 0 Å². The third-order valence-electron chi connectivity index (χ3n) is 1.33. The van der Waals surface area contributed by atoms with E-state index in [2.05, 4.69) is 5.10 Å². The minimum atomic E-state index is -0.805. The summed E-state index contributed by atoms with van der Waals surface area (Å²) in [7, 11) is 0.802. The molecule has 0 N–H and O–H groups in total. The molecule has 1 rings (SSSR count). The number of carbonyl (C=O) groups is 1. The molecule has 0 spiro atoms. The van der Waals surface area contributed by atoms with Crippen LogP contribution in [0.4, 0.5) is 0 Å². The zero-order chi connectivity index (χ0) is 8.43. The van der Waals surface area contributed by atoms with E-state index in [9.17, 15) is 4.79 Å². The average molecular weight is 174 g/mol. The maximum absolute atomic E-state index is 10.9. The molecule has 4 nitrogen and oxygen atoms in total. The molecule has 0 aromatic heterocycles. The quantitative estimate of drug-likeness (QED) is 0.560. The van der Waals surface area contributed by atoms with E-state index in [1.165, 1.54) is 11.7 Å². The minimum Gasteiger partial charge on any atom is -0.341 e. The fourth-order valence-corrected chi connectivity index (χ4v) is 2.31. The van der Waals surface area contributed by atoms with E-state index in [0.717, 1.165) is 11.9 Å². The van der Waals surface area contributed by atoms with Gasteiger partial charge in [-0.05, 0) is 6.92 Å². The first-order valence-electron chi connectivity index (χ1n) is 3.31. The van der Waals surface area contributed by atoms with Crippen LogP contribution in [0.25, 0.3) is 0 Å². The van der Waals surface area contributed by atoms with Crippen LogP contribution >= 0.6 is 8.30 Å². The number of rotatable bonds is 1. The predicted octanol–water partition coefficient (Wildman–Crippen LogP) is 1.18. The molecular formula is C6H11N2O2P. The van der Waals surface area contributed by atoms with Crippen LogP contribution in [0.3, 0.4) is 0 Å². The molecule has 0 bridgehead atoms. The molecule has 62 valence electrons. The lowest BCUT2D eigenvalue weighted by Gasteiger charge is -2.16. The molecule has 0 aliphatic carbocycles. The molecule has 1 unspecified atom stereocenters. The van der Waals surface area contributed by atoms with Gasteiger partial charge in [-0.25, -0.2) is 0 Å². The molecule has 1 amide bonds. The molecule has 0 aromatic carbocycles. The zero-order valence-corrected chi connectivity index (χ0v) is 7.76. The second-order valence-electron chi connectivity index (χ2n) is 2.34. The zero-order valence-electron chi connectivity index (χ0n) is 6.87. The molecule has 0 saturated carbocycles. The normalized spacial score (nSPS) is 23.7. The minimum absolute atomic E-state index is 0.0465. The maximum atomic E-state index is 10.9. The van der Waals surface area contributed by atoms with Gasteiger partial charge in [0.2, 0.25) is 5.91 Å². The van der Waals surface area contributed by atoms with Gasteiger partial charge in [0.15, 0.2) is 8.30 Å². The van der Waals surface area contributed by atoms with Crippen LogP contribution in [0.15, 0.2) is 5.10 Å². The molecule has 1 aliphatic heterocycles. The van der Waals surface area contributed by atoms with Crippen molar-refractivity contribution in [1.82, 2.24) is 4.78 Å². The van der Waals surface area contributed by atoms with Gasteiger partial charge in [0.1, 0.15) is 0 Å². The summed E-state index contributed by atoms with van der Waals surface area (Å²) >= 11 is 0. The van der Waals surface area contributed by atoms with Crippen molar-refractivity contribution in [2.24, 2.45) is 5.10 Å². The number of hydrogen-bond donors (Lipinski definition) is 0. The van der Waals surface area contributed by atoms with Gasteiger partial charge in [0.25, 0.3) is 0 Å². The largest absolute Gasteiger partial charge is 0.341 e. The Morgan fingerprint density at radius 2 is 2.45 bits per heavy atom. The van der Waals surface area contributed by atoms with Gasteiger partial charge in [-0.3, -0.25) is 4.79 Å². The number of hydrazone groups is 1. The summed E-state index contributed by atoms with van der Waals surface area (Å²) < 4.78 is 6.55. The fourth-order valence-electron chi connectivity index (χ4n) is 0.875. The smallest absolute Gasteiger partial charge is 0.244 e. The van der Waals surface area contributed by atoms with Crippen molar-refractivity contribution in [3.05, 3.63) is 0 Å². The first kappa shape index (κ1) is 8.62. The predicted molar refractivity (Wildman–Crippen MR) is 44.4 cm³/mol. The monoisotopic (exact) mass is 174 g/mol. The summed E-state index contributed by atoms with van der Waals surface area (Å²) in [6.45, 7) is 3.40. The fraction of sp³-hybridized carbons (Fsp3) is 0.667. The van der Waals surface area contributed by atoms with Gasteiger partial charge < -0.3 is 4.52 Å². The first-order valence-corrected chi connectivity index (χ1v) is 4.71. The van der Waals surface area contributed by atoms with E-state index in [1.54, 1.807) is 7.11 Å². The van der Waals surface area contributed by atoms with Crippen molar-refractivity contribution < 1.29 is 9.32 Å². The Labute approximate surface area is 67.1 Å². The Hall–Kier alpha value is -0.470. The Morgan fingerprint density at radius 3 is 2.82 bits per heavy atom. The Bertz CT molecular complexity index is 205. The lowest BCUT2D eigenvalue weighted by molar-refractivity contribution is -0.124. The molecule has 1 atom stereocenters. The lowest BCUT2D eigenvalue weighted by atomic mass is 10.5. The van der Waals surface area contributed by atoms with Crippen molar-refractivity contribution >= 4 is 19.9 Å². The molecule has 0 fully saturated rings. The van der Waals surface area contributed by atoms with Gasteiger partial charge in [-0.2, -0.15) is 9.88 Å². The van der Waals surface area contributed by atoms with Gasteiger partial charge in [0, 0.05) is 19.7 Å². The van der Waals surface area contributed by atoms with Gasteiger partial charge in [-0.15, -0.1) is 0 Å². The highest BCUT2D eigenvalue weighted by Gasteiger charge is 2.27. The standard InChI is InChI=1S/C6H11N2O2P/c1-5-4-11(10-3)8(7-5)6(2)9/h4H2,1-3H3. The Morgan fingerprint density at radius 1 is 1.82 bits per heavy atom. The molecule has 11 heavy (non-hydrogen) atoms. The number of carbonyl (C=O) groups excluding carboxylic acids is 1. The van der Waals surface area contributed by atoms with Crippen molar-refractivity contribution in [3.8, 4) is 0 Å². The molecule has 1 aliphatic rings. The van der Waals surface area contributed by atoms with Crippen LogP contribution in [0, 0.1) is 0 Å². The van der Waals surface area contributed by atoms with Crippen LogP contribution in [0.5, 0.6) is 0 Å². The maximum Gasteiger partial charge on any atom is 0.244 e. The van der Waals surface area contributed by atoms with Crippen LogP contribution in [0.1, 0.15) is 13.8 Å². The highest BCUT2D eigenvalue weighted by Crippen LogP contribution is 2.44. The molecule has 0 radical (unpaired) electrons. The van der Waals surface area contributed by atoms with Crippen LogP contribution in [-0.2, 0) is 9.32 Å². The number of hydrogen-bond acceptors (Lipinski definition) is 3. The van der Waals surface area contributed by atoms with E-state index >= 15 is 0 Å². The van der Waals surface area contributed by atoms with Crippen molar-refractivity contribution in [2.75, 3.05) is 13.3 Å². The third kappa shape index (κ3) is 1.76. The van der Waals surface area contributed by atoms with Gasteiger partial charge in [0.05, 0.1) is 6.16 Å². The summed E-state index contributed by atoms with van der Waals surface area (Å²) in [4.78, 5) is 10.9. The van der Waals surface area contributed by atoms with E-state index < -0.39 is 8.30 Å². The van der Waals surface area contributed by atoms with Crippen molar-refractivity contribution in [2.45, 2.75) is 13.8 Å². The van der Waals surface area contributed by atoms with E-state index in [4.69, 9.17) is 4.52 Å². The molecule has 5 heteroatoms. The second kappa shape index (κ2) is 3.28. The van der Waals surface area contributed by atoms with Gasteiger partial charge >= 0.3 is 0 Å². The molecule has 0 saturated heterocycles. The molecule has 1 heterocycles. The summed E-state index contributed by atoms with van der Waals surface area (Å²) in [6.07, 6.45) is 0.783. The van der Waals surface area contributed by atoms with Crippen LogP contribution < -0.4 is 0 Å². The molecule has 0 aromatic rings. The average Bonchev–Trinajstić information content (AvgIpc) is 2.30. The highest BCUT2D eigenvalue weighted by atomic mass is 31.2. The van der Waals surface area contributed by atoms with Crippen LogP contribution in [-0.4, -0.2) is 29.7 Å². The van der Waals surface area contributed by atoms with Gasteiger partial charge in [-0.1, -0.05) is 0 Å². The second-order valence-corrected chi connectivity index (χ2v) is 4.10. The lowest BCUT2D eigenvalue weighted by Crippen LogP contribution is -2.14. The first-order chi connectivity index (χ1) is 5.15. The van der Waals surface area contributed by atoms with Crippen molar-refractivity contribution in [3.63, 3.8) is 0 Å². The summed E-state index contributed by atoms with van der Waals surface area (Å²) in [5.41, 5.74) is 0.966. The van der Waals surface area contributed by atoms with E-state index in [0.29, 0.717) is 0 Å². The highest BCUT2D eigenvalue weighted by molar-refractivity contribution is 7.52. The number of nitrogens with zero attached hydrogens (tertiary/aromatic N) is 2. The van der Waals surface area contributed by atoms with Crippen LogP contribution in [0.2, 0.25) is 0 Å². The van der Waals surface area contributed by atoms with E-state index in [1.807, 2.05) is 6.92 Å². The molecular weight excluding hydrogens is 163 g/mol.